The quantitative estimate of drug-likeness (QED) is 0.636. The van der Waals surface area contributed by atoms with E-state index in [2.05, 4.69) is 15.9 Å². The first-order valence-electron chi connectivity index (χ1n) is 5.09. The molecule has 0 aliphatic carbocycles. The molecule has 0 spiro atoms. The third-order valence-corrected chi connectivity index (χ3v) is 2.90. The highest BCUT2D eigenvalue weighted by molar-refractivity contribution is 9.10. The molecule has 0 atom stereocenters. The Kier molecular flexibility index (Phi) is 4.22. The molecule has 0 radical (unpaired) electrons. The minimum absolute atomic E-state index is 0.0803. The molecular formula is C11H13BrN2O3. The van der Waals surface area contributed by atoms with E-state index in [-0.39, 0.29) is 17.6 Å². The number of hydrogen-bond donors (Lipinski definition) is 0. The molecule has 0 saturated heterocycles. The second-order valence-corrected chi connectivity index (χ2v) is 4.70. The van der Waals surface area contributed by atoms with Gasteiger partial charge >= 0.3 is 0 Å². The van der Waals surface area contributed by atoms with Gasteiger partial charge < -0.3 is 4.90 Å². The van der Waals surface area contributed by atoms with Crippen LogP contribution in [-0.2, 0) is 4.79 Å². The van der Waals surface area contributed by atoms with Crippen molar-refractivity contribution in [3.8, 4) is 0 Å². The Morgan fingerprint density at radius 3 is 2.47 bits per heavy atom. The number of halogens is 1. The Hall–Kier alpha value is -1.43. The Balaban J connectivity index is 3.46. The number of nitrogens with zero attached hydrogens (tertiary/aromatic N) is 2. The van der Waals surface area contributed by atoms with Gasteiger partial charge in [0.15, 0.2) is 0 Å². The second kappa shape index (κ2) is 5.27. The lowest BCUT2D eigenvalue weighted by molar-refractivity contribution is -0.384. The lowest BCUT2D eigenvalue weighted by atomic mass is 10.2. The van der Waals surface area contributed by atoms with E-state index in [9.17, 15) is 14.9 Å². The summed E-state index contributed by atoms with van der Waals surface area (Å²) in [5, 5.41) is 11.0. The summed E-state index contributed by atoms with van der Waals surface area (Å²) < 4.78 is 0.538. The van der Waals surface area contributed by atoms with Gasteiger partial charge in [0.25, 0.3) is 5.69 Å². The van der Waals surface area contributed by atoms with Gasteiger partial charge in [0.2, 0.25) is 5.91 Å². The number of nitro benzene ring substituents is 1. The van der Waals surface area contributed by atoms with E-state index in [1.54, 1.807) is 12.1 Å². The van der Waals surface area contributed by atoms with Crippen LogP contribution < -0.4 is 4.90 Å². The Bertz CT molecular complexity index is 460. The highest BCUT2D eigenvalue weighted by Gasteiger charge is 2.26. The molecule has 6 heteroatoms. The third kappa shape index (κ3) is 2.82. The maximum Gasteiger partial charge on any atom is 0.294 e. The van der Waals surface area contributed by atoms with E-state index in [0.717, 1.165) is 0 Å². The average Bonchev–Trinajstić information content (AvgIpc) is 2.19. The second-order valence-electron chi connectivity index (χ2n) is 3.85. The third-order valence-electron chi connectivity index (χ3n) is 2.26. The smallest absolute Gasteiger partial charge is 0.294 e. The van der Waals surface area contributed by atoms with Crippen LogP contribution in [0.1, 0.15) is 20.8 Å². The van der Waals surface area contributed by atoms with Crippen LogP contribution in [0.4, 0.5) is 11.4 Å². The fourth-order valence-electron chi connectivity index (χ4n) is 1.67. The Morgan fingerprint density at radius 1 is 1.47 bits per heavy atom. The average molecular weight is 301 g/mol. The van der Waals surface area contributed by atoms with Crippen molar-refractivity contribution < 1.29 is 9.72 Å². The van der Waals surface area contributed by atoms with Crippen LogP contribution in [0.15, 0.2) is 22.7 Å². The summed E-state index contributed by atoms with van der Waals surface area (Å²) in [6.07, 6.45) is 0. The van der Waals surface area contributed by atoms with Crippen molar-refractivity contribution in [3.63, 3.8) is 0 Å². The first-order valence-corrected chi connectivity index (χ1v) is 5.88. The molecule has 17 heavy (non-hydrogen) atoms. The topological polar surface area (TPSA) is 63.5 Å². The van der Waals surface area contributed by atoms with Gasteiger partial charge in [0, 0.05) is 23.5 Å². The number of amides is 1. The molecule has 0 heterocycles. The summed E-state index contributed by atoms with van der Waals surface area (Å²) in [5.41, 5.74) is 0.225. The Morgan fingerprint density at radius 2 is 2.06 bits per heavy atom. The van der Waals surface area contributed by atoms with E-state index in [4.69, 9.17) is 0 Å². The molecule has 0 N–H and O–H groups in total. The van der Waals surface area contributed by atoms with Crippen molar-refractivity contribution in [1.82, 2.24) is 0 Å². The number of nitro groups is 1. The van der Waals surface area contributed by atoms with Crippen LogP contribution in [0, 0.1) is 10.1 Å². The van der Waals surface area contributed by atoms with Crippen LogP contribution in [0.3, 0.4) is 0 Å². The van der Waals surface area contributed by atoms with E-state index >= 15 is 0 Å². The minimum Gasteiger partial charge on any atom is -0.303 e. The molecule has 1 aromatic rings. The summed E-state index contributed by atoms with van der Waals surface area (Å²) in [7, 11) is 0. The molecule has 1 amide bonds. The molecule has 0 fully saturated rings. The number of anilines is 1. The zero-order valence-corrected chi connectivity index (χ0v) is 11.4. The van der Waals surface area contributed by atoms with Gasteiger partial charge in [-0.05, 0) is 35.8 Å². The fourth-order valence-corrected chi connectivity index (χ4v) is 2.22. The van der Waals surface area contributed by atoms with Gasteiger partial charge in [0.1, 0.15) is 5.69 Å². The molecule has 0 unspecified atom stereocenters. The molecule has 1 rings (SSSR count). The van der Waals surface area contributed by atoms with E-state index in [0.29, 0.717) is 10.2 Å². The normalized spacial score (nSPS) is 10.4. The van der Waals surface area contributed by atoms with Crippen molar-refractivity contribution in [3.05, 3.63) is 32.8 Å². The van der Waals surface area contributed by atoms with Crippen LogP contribution >= 0.6 is 15.9 Å². The zero-order chi connectivity index (χ0) is 13.2. The number of carbonyl (C=O) groups excluding carboxylic acids is 1. The van der Waals surface area contributed by atoms with Gasteiger partial charge in [-0.2, -0.15) is 0 Å². The SMILES string of the molecule is CC(=O)N(c1c(Br)cccc1[N+](=O)[O-])C(C)C. The van der Waals surface area contributed by atoms with Crippen molar-refractivity contribution in [2.75, 3.05) is 4.90 Å². The highest BCUT2D eigenvalue weighted by Crippen LogP contribution is 2.36. The number of para-hydroxylation sites is 1. The summed E-state index contributed by atoms with van der Waals surface area (Å²) in [5.74, 6) is -0.227. The standard InChI is InChI=1S/C11H13BrN2O3/c1-7(2)13(8(3)15)11-9(12)5-4-6-10(11)14(16)17/h4-7H,1-3H3. The number of carbonyl (C=O) groups is 1. The van der Waals surface area contributed by atoms with Gasteiger partial charge in [-0.25, -0.2) is 0 Å². The predicted octanol–water partition coefficient (Wildman–Crippen LogP) is 3.12. The largest absolute Gasteiger partial charge is 0.303 e. The lowest BCUT2D eigenvalue weighted by Gasteiger charge is -2.26. The van der Waals surface area contributed by atoms with Gasteiger partial charge in [-0.1, -0.05) is 6.07 Å². The number of rotatable bonds is 3. The van der Waals surface area contributed by atoms with Crippen molar-refractivity contribution in [2.45, 2.75) is 26.8 Å². The predicted molar refractivity (Wildman–Crippen MR) is 69.1 cm³/mol. The maximum atomic E-state index is 11.6. The van der Waals surface area contributed by atoms with E-state index in [1.165, 1.54) is 17.9 Å². The molecule has 0 aliphatic rings. The van der Waals surface area contributed by atoms with E-state index in [1.807, 2.05) is 13.8 Å². The summed E-state index contributed by atoms with van der Waals surface area (Å²) in [6, 6.07) is 4.49. The van der Waals surface area contributed by atoms with Gasteiger partial charge in [-0.3, -0.25) is 14.9 Å². The minimum atomic E-state index is -0.488. The number of hydrogen-bond acceptors (Lipinski definition) is 3. The Labute approximate surface area is 108 Å². The molecule has 92 valence electrons. The van der Waals surface area contributed by atoms with Crippen LogP contribution in [0.2, 0.25) is 0 Å². The molecule has 0 aliphatic heterocycles. The zero-order valence-electron chi connectivity index (χ0n) is 9.81. The number of benzene rings is 1. The van der Waals surface area contributed by atoms with Crippen LogP contribution in [-0.4, -0.2) is 16.9 Å². The highest BCUT2D eigenvalue weighted by atomic mass is 79.9. The fraction of sp³-hybridized carbons (Fsp3) is 0.364. The molecule has 0 bridgehead atoms. The van der Waals surface area contributed by atoms with Crippen LogP contribution in [0.5, 0.6) is 0 Å². The molecule has 1 aromatic carbocycles. The maximum absolute atomic E-state index is 11.6. The first kappa shape index (κ1) is 13.6. The molecule has 5 nitrogen and oxygen atoms in total. The molecule has 0 aromatic heterocycles. The van der Waals surface area contributed by atoms with Crippen molar-refractivity contribution in [2.24, 2.45) is 0 Å². The summed E-state index contributed by atoms with van der Waals surface area (Å²) >= 11 is 3.25. The van der Waals surface area contributed by atoms with Gasteiger partial charge in [-0.15, -0.1) is 0 Å². The van der Waals surface area contributed by atoms with Crippen molar-refractivity contribution >= 4 is 33.2 Å². The summed E-state index contributed by atoms with van der Waals surface area (Å²) in [4.78, 5) is 23.5. The molecule has 0 saturated carbocycles. The summed E-state index contributed by atoms with van der Waals surface area (Å²) in [6.45, 7) is 5.01. The monoisotopic (exact) mass is 300 g/mol. The van der Waals surface area contributed by atoms with Gasteiger partial charge in [0.05, 0.1) is 4.92 Å². The van der Waals surface area contributed by atoms with E-state index < -0.39 is 4.92 Å². The first-order chi connectivity index (χ1) is 7.86. The molecular weight excluding hydrogens is 288 g/mol. The van der Waals surface area contributed by atoms with Crippen molar-refractivity contribution in [1.29, 1.82) is 0 Å². The van der Waals surface area contributed by atoms with Crippen LogP contribution in [0.25, 0.3) is 0 Å². The lowest BCUT2D eigenvalue weighted by Crippen LogP contribution is -2.35.